The number of aromatic amines is 1. The van der Waals surface area contributed by atoms with E-state index in [1.54, 1.807) is 0 Å². The molecule has 1 aliphatic rings. The van der Waals surface area contributed by atoms with Crippen LogP contribution in [0.1, 0.15) is 29.2 Å². The van der Waals surface area contributed by atoms with Gasteiger partial charge in [0.15, 0.2) is 5.82 Å². The molecule has 0 saturated carbocycles. The van der Waals surface area contributed by atoms with Gasteiger partial charge in [0.2, 0.25) is 5.82 Å². The number of aryl methyl sites for hydroxylation is 1. The van der Waals surface area contributed by atoms with Crippen LogP contribution in [0.4, 0.5) is 13.2 Å². The van der Waals surface area contributed by atoms with Crippen molar-refractivity contribution in [2.24, 2.45) is 10.7 Å². The number of hydrogen-bond acceptors (Lipinski definition) is 6. The molecule has 150 valence electrons. The number of nitrogens with one attached hydrogen (secondary N) is 2. The number of nitrogens with zero attached hydrogens (tertiary/aromatic N) is 4. The number of benzene rings is 1. The van der Waals surface area contributed by atoms with Crippen molar-refractivity contribution in [2.75, 3.05) is 13.1 Å². The molecule has 1 aromatic heterocycles. The van der Waals surface area contributed by atoms with Gasteiger partial charge in [0.05, 0.1) is 18.3 Å². The lowest BCUT2D eigenvalue weighted by Crippen LogP contribution is -2.50. The molecule has 0 spiro atoms. The van der Waals surface area contributed by atoms with Gasteiger partial charge in [0.25, 0.3) is 0 Å². The molecule has 1 aliphatic heterocycles. The molecule has 28 heavy (non-hydrogen) atoms. The maximum atomic E-state index is 12.7. The second-order valence-electron chi connectivity index (χ2n) is 6.58. The highest BCUT2D eigenvalue weighted by atomic mass is 35.5. The number of H-pyrrole nitrogens is 1. The summed E-state index contributed by atoms with van der Waals surface area (Å²) >= 11 is 6.29. The van der Waals surface area contributed by atoms with Crippen molar-refractivity contribution in [2.45, 2.75) is 32.1 Å². The van der Waals surface area contributed by atoms with Gasteiger partial charge in [-0.05, 0) is 18.6 Å². The first-order valence-corrected chi connectivity index (χ1v) is 8.89. The van der Waals surface area contributed by atoms with E-state index >= 15 is 0 Å². The molecule has 0 saturated heterocycles. The Kier molecular flexibility index (Phi) is 5.71. The molecule has 2 aromatic rings. The highest BCUT2D eigenvalue weighted by molar-refractivity contribution is 6.31. The summed E-state index contributed by atoms with van der Waals surface area (Å²) in [5.74, 6) is -1.22. The average molecular weight is 414 g/mol. The van der Waals surface area contributed by atoms with Gasteiger partial charge in [-0.1, -0.05) is 29.3 Å². The lowest BCUT2D eigenvalue weighted by Gasteiger charge is -2.34. The first-order chi connectivity index (χ1) is 13.1. The van der Waals surface area contributed by atoms with Crippen molar-refractivity contribution in [3.8, 4) is 0 Å². The topological polar surface area (TPSA) is 107 Å². The second kappa shape index (κ2) is 7.88. The largest absolute Gasteiger partial charge is 0.451 e. The molecule has 0 aliphatic carbocycles. The van der Waals surface area contributed by atoms with E-state index in [1.807, 2.05) is 35.1 Å². The number of aliphatic imine (C=N–C) groups is 1. The van der Waals surface area contributed by atoms with Crippen LogP contribution in [0.15, 0.2) is 23.2 Å². The normalized spacial score (nSPS) is 18.2. The molecule has 11 heteroatoms. The molecular formula is C17H19ClF3N7. The molecule has 3 rings (SSSR count). The minimum absolute atomic E-state index is 0.0356. The van der Waals surface area contributed by atoms with Gasteiger partial charge in [0.1, 0.15) is 5.84 Å². The molecule has 4 N–H and O–H groups in total. The zero-order chi connectivity index (χ0) is 20.5. The minimum atomic E-state index is -4.65. The molecule has 7 nitrogen and oxygen atoms in total. The van der Waals surface area contributed by atoms with Crippen molar-refractivity contribution in [3.05, 3.63) is 46.0 Å². The third kappa shape index (κ3) is 4.50. The predicted molar refractivity (Wildman–Crippen MR) is 99.7 cm³/mol. The van der Waals surface area contributed by atoms with Crippen molar-refractivity contribution < 1.29 is 13.2 Å². The lowest BCUT2D eigenvalue weighted by atomic mass is 10.0. The van der Waals surface area contributed by atoms with E-state index in [9.17, 15) is 13.2 Å². The molecule has 0 amide bonds. The Morgan fingerprint density at radius 3 is 2.86 bits per heavy atom. The first-order valence-electron chi connectivity index (χ1n) is 8.51. The van der Waals surface area contributed by atoms with Crippen LogP contribution in [0.2, 0.25) is 5.02 Å². The molecule has 0 radical (unpaired) electrons. The van der Waals surface area contributed by atoms with Crippen LogP contribution in [0.5, 0.6) is 0 Å². The summed E-state index contributed by atoms with van der Waals surface area (Å²) in [6.45, 7) is 3.53. The van der Waals surface area contributed by atoms with E-state index in [0.29, 0.717) is 30.5 Å². The maximum absolute atomic E-state index is 12.7. The molecule has 1 aromatic carbocycles. The van der Waals surface area contributed by atoms with Gasteiger partial charge in [-0.15, -0.1) is 0 Å². The summed E-state index contributed by atoms with van der Waals surface area (Å²) in [6.07, 6.45) is -4.61. The number of hydrogen-bond donors (Lipinski definition) is 3. The SMILES string of the molecule is Cc1ccc(Cl)c(CN2CCN=C(N)C2CC(=N)c2n[nH]c(C(F)(F)F)n2)c1. The van der Waals surface area contributed by atoms with Crippen molar-refractivity contribution in [1.29, 1.82) is 5.41 Å². The summed E-state index contributed by atoms with van der Waals surface area (Å²) in [5, 5.41) is 14.1. The predicted octanol–water partition coefficient (Wildman–Crippen LogP) is 2.78. The van der Waals surface area contributed by atoms with Gasteiger partial charge in [0, 0.05) is 24.5 Å². The first kappa shape index (κ1) is 20.3. The van der Waals surface area contributed by atoms with Crippen LogP contribution in [-0.2, 0) is 12.7 Å². The summed E-state index contributed by atoms with van der Waals surface area (Å²) < 4.78 is 38.1. The monoisotopic (exact) mass is 413 g/mol. The molecule has 0 fully saturated rings. The van der Waals surface area contributed by atoms with Gasteiger partial charge >= 0.3 is 6.18 Å². The fourth-order valence-corrected chi connectivity index (χ4v) is 3.21. The number of alkyl halides is 3. The molecule has 0 bridgehead atoms. The molecular weight excluding hydrogens is 395 g/mol. The van der Waals surface area contributed by atoms with E-state index < -0.39 is 18.0 Å². The van der Waals surface area contributed by atoms with Gasteiger partial charge in [-0.2, -0.15) is 18.3 Å². The zero-order valence-electron chi connectivity index (χ0n) is 15.0. The fourth-order valence-electron chi connectivity index (χ4n) is 3.03. The summed E-state index contributed by atoms with van der Waals surface area (Å²) in [4.78, 5) is 9.61. The number of nitrogens with two attached hydrogens (primary N) is 1. The Labute approximate surface area is 164 Å². The van der Waals surface area contributed by atoms with E-state index in [0.717, 1.165) is 11.1 Å². The zero-order valence-corrected chi connectivity index (χ0v) is 15.8. The van der Waals surface area contributed by atoms with Crippen LogP contribution < -0.4 is 5.73 Å². The van der Waals surface area contributed by atoms with Gasteiger partial charge in [-0.3, -0.25) is 15.0 Å². The Bertz CT molecular complexity index is 906. The van der Waals surface area contributed by atoms with E-state index in [2.05, 4.69) is 15.1 Å². The van der Waals surface area contributed by atoms with Crippen LogP contribution >= 0.6 is 11.6 Å². The maximum Gasteiger partial charge on any atom is 0.451 e. The Balaban J connectivity index is 1.78. The minimum Gasteiger partial charge on any atom is -0.386 e. The molecule has 2 heterocycles. The van der Waals surface area contributed by atoms with Gasteiger partial charge in [-0.25, -0.2) is 4.98 Å². The van der Waals surface area contributed by atoms with E-state index in [4.69, 9.17) is 22.7 Å². The van der Waals surface area contributed by atoms with Crippen molar-refractivity contribution in [3.63, 3.8) is 0 Å². The Morgan fingerprint density at radius 1 is 1.43 bits per heavy atom. The number of amidine groups is 1. The average Bonchev–Trinajstić information content (AvgIpc) is 3.11. The second-order valence-corrected chi connectivity index (χ2v) is 6.98. The van der Waals surface area contributed by atoms with Crippen LogP contribution in [0.25, 0.3) is 0 Å². The molecule has 1 unspecified atom stereocenters. The fraction of sp³-hybridized carbons (Fsp3) is 0.412. The Hall–Kier alpha value is -2.46. The number of halogens is 4. The highest BCUT2D eigenvalue weighted by Crippen LogP contribution is 2.26. The highest BCUT2D eigenvalue weighted by Gasteiger charge is 2.36. The molecule has 1 atom stereocenters. The van der Waals surface area contributed by atoms with E-state index in [1.165, 1.54) is 0 Å². The van der Waals surface area contributed by atoms with Crippen LogP contribution in [0.3, 0.4) is 0 Å². The van der Waals surface area contributed by atoms with Crippen molar-refractivity contribution in [1.82, 2.24) is 20.1 Å². The quantitative estimate of drug-likeness (QED) is 0.655. The van der Waals surface area contributed by atoms with Gasteiger partial charge < -0.3 is 11.1 Å². The summed E-state index contributed by atoms with van der Waals surface area (Å²) in [5.41, 5.74) is 7.85. The van der Waals surface area contributed by atoms with Crippen LogP contribution in [-0.4, -0.2) is 50.8 Å². The standard InChI is InChI=1S/C17H19ClF3N7/c1-9-2-3-11(18)10(6-9)8-28-5-4-24-14(23)13(28)7-12(22)15-25-16(27-26-15)17(19,20)21/h2-3,6,13,22H,4-5,7-8H2,1H3,(H2,23,24)(H,25,26,27). The third-order valence-corrected chi connectivity index (χ3v) is 4.83. The summed E-state index contributed by atoms with van der Waals surface area (Å²) in [6, 6.07) is 5.24. The smallest absolute Gasteiger partial charge is 0.386 e. The lowest BCUT2D eigenvalue weighted by molar-refractivity contribution is -0.144. The Morgan fingerprint density at radius 2 is 2.18 bits per heavy atom. The number of aromatic nitrogens is 3. The van der Waals surface area contributed by atoms with Crippen LogP contribution in [0, 0.1) is 12.3 Å². The third-order valence-electron chi connectivity index (χ3n) is 4.46. The van der Waals surface area contributed by atoms with E-state index in [-0.39, 0.29) is 18.0 Å². The van der Waals surface area contributed by atoms with Crippen molar-refractivity contribution >= 4 is 23.1 Å². The summed E-state index contributed by atoms with van der Waals surface area (Å²) in [7, 11) is 0. The number of rotatable bonds is 5.